The SMILES string of the molecule is O=C(O)c1cc2c(cc1F)C(NC(=O)c1ccccc1Cl)CC2. The highest BCUT2D eigenvalue weighted by atomic mass is 35.5. The van der Waals surface area contributed by atoms with Gasteiger partial charge in [0.15, 0.2) is 0 Å². The minimum atomic E-state index is -1.30. The monoisotopic (exact) mass is 333 g/mol. The molecule has 0 bridgehead atoms. The summed E-state index contributed by atoms with van der Waals surface area (Å²) in [5, 5.41) is 12.1. The van der Waals surface area contributed by atoms with Crippen LogP contribution in [-0.2, 0) is 6.42 Å². The molecular weight excluding hydrogens is 321 g/mol. The molecule has 23 heavy (non-hydrogen) atoms. The van der Waals surface area contributed by atoms with Crippen LogP contribution in [0, 0.1) is 5.82 Å². The predicted octanol–water partition coefficient (Wildman–Crippen LogP) is 3.59. The minimum Gasteiger partial charge on any atom is -0.478 e. The first-order valence-electron chi connectivity index (χ1n) is 7.08. The third-order valence-corrected chi connectivity index (χ3v) is 4.29. The molecule has 0 spiro atoms. The van der Waals surface area contributed by atoms with Crippen LogP contribution in [0.2, 0.25) is 5.02 Å². The van der Waals surface area contributed by atoms with Gasteiger partial charge in [0.1, 0.15) is 5.82 Å². The lowest BCUT2D eigenvalue weighted by Gasteiger charge is -2.15. The number of carboxylic acid groups (broad SMARTS) is 1. The van der Waals surface area contributed by atoms with Gasteiger partial charge in [-0.05, 0) is 48.2 Å². The van der Waals surface area contributed by atoms with Crippen LogP contribution in [0.4, 0.5) is 4.39 Å². The number of carbonyl (C=O) groups excluding carboxylic acids is 1. The Morgan fingerprint density at radius 3 is 2.65 bits per heavy atom. The smallest absolute Gasteiger partial charge is 0.338 e. The van der Waals surface area contributed by atoms with Crippen molar-refractivity contribution in [2.75, 3.05) is 0 Å². The Hall–Kier alpha value is -2.40. The van der Waals surface area contributed by atoms with Crippen LogP contribution in [-0.4, -0.2) is 17.0 Å². The van der Waals surface area contributed by atoms with E-state index in [2.05, 4.69) is 5.32 Å². The molecule has 0 saturated heterocycles. The van der Waals surface area contributed by atoms with Crippen LogP contribution >= 0.6 is 11.6 Å². The molecular formula is C17H13ClFNO3. The molecule has 1 unspecified atom stereocenters. The zero-order valence-corrected chi connectivity index (χ0v) is 12.7. The van der Waals surface area contributed by atoms with E-state index < -0.39 is 11.8 Å². The highest BCUT2D eigenvalue weighted by Crippen LogP contribution is 2.33. The van der Waals surface area contributed by atoms with Gasteiger partial charge in [-0.15, -0.1) is 0 Å². The van der Waals surface area contributed by atoms with E-state index in [4.69, 9.17) is 16.7 Å². The molecule has 4 nitrogen and oxygen atoms in total. The van der Waals surface area contributed by atoms with Gasteiger partial charge in [0.05, 0.1) is 22.2 Å². The van der Waals surface area contributed by atoms with Gasteiger partial charge in [-0.3, -0.25) is 4.79 Å². The molecule has 1 aliphatic rings. The van der Waals surface area contributed by atoms with Crippen LogP contribution in [0.15, 0.2) is 36.4 Å². The second-order valence-electron chi connectivity index (χ2n) is 5.38. The fraction of sp³-hybridized carbons (Fsp3) is 0.176. The van der Waals surface area contributed by atoms with Gasteiger partial charge in [0, 0.05) is 0 Å². The molecule has 0 aliphatic heterocycles. The van der Waals surface area contributed by atoms with E-state index in [1.807, 2.05) is 0 Å². The van der Waals surface area contributed by atoms with Crippen molar-refractivity contribution in [1.82, 2.24) is 5.32 Å². The number of carbonyl (C=O) groups is 2. The zero-order valence-electron chi connectivity index (χ0n) is 12.0. The van der Waals surface area contributed by atoms with Gasteiger partial charge >= 0.3 is 5.97 Å². The number of hydrogen-bond donors (Lipinski definition) is 2. The van der Waals surface area contributed by atoms with E-state index in [-0.39, 0.29) is 17.5 Å². The summed E-state index contributed by atoms with van der Waals surface area (Å²) < 4.78 is 13.9. The van der Waals surface area contributed by atoms with Crippen LogP contribution in [0.3, 0.4) is 0 Å². The molecule has 0 saturated carbocycles. The summed E-state index contributed by atoms with van der Waals surface area (Å²) in [6.45, 7) is 0. The number of amides is 1. The van der Waals surface area contributed by atoms with E-state index in [0.29, 0.717) is 29.0 Å². The Morgan fingerprint density at radius 2 is 1.96 bits per heavy atom. The van der Waals surface area contributed by atoms with E-state index >= 15 is 0 Å². The summed E-state index contributed by atoms with van der Waals surface area (Å²) in [4.78, 5) is 23.3. The molecule has 1 atom stereocenters. The van der Waals surface area contributed by atoms with Crippen LogP contribution < -0.4 is 5.32 Å². The number of fused-ring (bicyclic) bond motifs is 1. The molecule has 2 aromatic rings. The first kappa shape index (κ1) is 15.5. The second kappa shape index (κ2) is 6.01. The Balaban J connectivity index is 1.86. The number of rotatable bonds is 3. The van der Waals surface area contributed by atoms with E-state index in [1.54, 1.807) is 24.3 Å². The van der Waals surface area contributed by atoms with Gasteiger partial charge < -0.3 is 10.4 Å². The molecule has 6 heteroatoms. The Kier molecular flexibility index (Phi) is 4.05. The Bertz CT molecular complexity index is 806. The molecule has 0 fully saturated rings. The number of aromatic carboxylic acids is 1. The summed E-state index contributed by atoms with van der Waals surface area (Å²) in [6.07, 6.45) is 1.18. The lowest BCUT2D eigenvalue weighted by atomic mass is 10.0. The summed E-state index contributed by atoms with van der Waals surface area (Å²) in [5.74, 6) is -2.43. The summed E-state index contributed by atoms with van der Waals surface area (Å²) in [6, 6.07) is 8.86. The molecule has 1 amide bonds. The van der Waals surface area contributed by atoms with E-state index in [9.17, 15) is 14.0 Å². The maximum absolute atomic E-state index is 13.9. The van der Waals surface area contributed by atoms with Crippen molar-refractivity contribution < 1.29 is 19.1 Å². The standard InChI is InChI=1S/C17H13ClFNO3/c18-13-4-2-1-3-10(13)16(21)20-15-6-5-9-7-12(17(22)23)14(19)8-11(9)15/h1-4,7-8,15H,5-6H2,(H,20,21)(H,22,23). The number of halogens is 2. The van der Waals surface area contributed by atoms with Gasteiger partial charge in [-0.2, -0.15) is 0 Å². The van der Waals surface area contributed by atoms with Crippen molar-refractivity contribution in [3.8, 4) is 0 Å². The van der Waals surface area contributed by atoms with E-state index in [1.165, 1.54) is 12.1 Å². The van der Waals surface area contributed by atoms with E-state index in [0.717, 1.165) is 5.56 Å². The lowest BCUT2D eigenvalue weighted by molar-refractivity contribution is 0.0691. The molecule has 0 heterocycles. The number of hydrogen-bond acceptors (Lipinski definition) is 2. The largest absolute Gasteiger partial charge is 0.478 e. The van der Waals surface area contributed by atoms with Gasteiger partial charge in [-0.1, -0.05) is 23.7 Å². The Morgan fingerprint density at radius 1 is 1.22 bits per heavy atom. The fourth-order valence-corrected chi connectivity index (χ4v) is 3.05. The first-order valence-corrected chi connectivity index (χ1v) is 7.46. The fourth-order valence-electron chi connectivity index (χ4n) is 2.82. The number of nitrogens with one attached hydrogen (secondary N) is 1. The minimum absolute atomic E-state index is 0.337. The molecule has 2 N–H and O–H groups in total. The van der Waals surface area contributed by atoms with Gasteiger partial charge in [0.2, 0.25) is 0 Å². The second-order valence-corrected chi connectivity index (χ2v) is 5.79. The van der Waals surface area contributed by atoms with Gasteiger partial charge in [-0.25, -0.2) is 9.18 Å². The highest BCUT2D eigenvalue weighted by Gasteiger charge is 2.27. The summed E-state index contributed by atoms with van der Waals surface area (Å²) in [7, 11) is 0. The number of benzene rings is 2. The summed E-state index contributed by atoms with van der Waals surface area (Å²) >= 11 is 6.00. The molecule has 118 valence electrons. The number of carboxylic acids is 1. The Labute approximate surface area is 136 Å². The summed E-state index contributed by atoms with van der Waals surface area (Å²) in [5.41, 5.74) is 1.37. The van der Waals surface area contributed by atoms with Crippen molar-refractivity contribution in [3.05, 3.63) is 69.5 Å². The topological polar surface area (TPSA) is 66.4 Å². The lowest BCUT2D eigenvalue weighted by Crippen LogP contribution is -2.27. The third kappa shape index (κ3) is 2.92. The van der Waals surface area contributed by atoms with Crippen LogP contribution in [0.1, 0.15) is 44.3 Å². The van der Waals surface area contributed by atoms with Crippen molar-refractivity contribution in [3.63, 3.8) is 0 Å². The molecule has 2 aromatic carbocycles. The van der Waals surface area contributed by atoms with Gasteiger partial charge in [0.25, 0.3) is 5.91 Å². The van der Waals surface area contributed by atoms with Crippen LogP contribution in [0.5, 0.6) is 0 Å². The van der Waals surface area contributed by atoms with Crippen molar-refractivity contribution in [2.45, 2.75) is 18.9 Å². The average molecular weight is 334 g/mol. The zero-order chi connectivity index (χ0) is 16.6. The highest BCUT2D eigenvalue weighted by molar-refractivity contribution is 6.33. The van der Waals surface area contributed by atoms with Crippen LogP contribution in [0.25, 0.3) is 0 Å². The molecule has 0 radical (unpaired) electrons. The first-order chi connectivity index (χ1) is 11.0. The average Bonchev–Trinajstić information content (AvgIpc) is 2.88. The molecule has 0 aromatic heterocycles. The number of aryl methyl sites for hydroxylation is 1. The predicted molar refractivity (Wildman–Crippen MR) is 83.3 cm³/mol. The molecule has 1 aliphatic carbocycles. The normalized spacial score (nSPS) is 16.0. The van der Waals surface area contributed by atoms with Crippen molar-refractivity contribution in [1.29, 1.82) is 0 Å². The maximum Gasteiger partial charge on any atom is 0.338 e. The van der Waals surface area contributed by atoms with Crippen molar-refractivity contribution in [2.24, 2.45) is 0 Å². The molecule has 3 rings (SSSR count). The van der Waals surface area contributed by atoms with Crippen molar-refractivity contribution >= 4 is 23.5 Å². The maximum atomic E-state index is 13.9. The third-order valence-electron chi connectivity index (χ3n) is 3.96. The quantitative estimate of drug-likeness (QED) is 0.902.